The summed E-state index contributed by atoms with van der Waals surface area (Å²) in [4.78, 5) is 28.7. The summed E-state index contributed by atoms with van der Waals surface area (Å²) in [5.41, 5.74) is 2.43. The molecule has 0 aliphatic carbocycles. The van der Waals surface area contributed by atoms with Gasteiger partial charge in [0.25, 0.3) is 0 Å². The van der Waals surface area contributed by atoms with Crippen molar-refractivity contribution in [2.75, 3.05) is 17.1 Å². The number of hydrogen-bond donors (Lipinski definition) is 1. The van der Waals surface area contributed by atoms with E-state index in [-0.39, 0.29) is 37.4 Å². The predicted octanol–water partition coefficient (Wildman–Crippen LogP) is 4.40. The maximum atomic E-state index is 13.7. The lowest BCUT2D eigenvalue weighted by molar-refractivity contribution is -0.141. The van der Waals surface area contributed by atoms with Gasteiger partial charge in [0.15, 0.2) is 0 Å². The molecule has 8 heteroatoms. The lowest BCUT2D eigenvalue weighted by Crippen LogP contribution is -2.51. The van der Waals surface area contributed by atoms with Crippen LogP contribution < -0.4 is 9.62 Å². The van der Waals surface area contributed by atoms with Crippen LogP contribution in [0, 0.1) is 0 Å². The lowest BCUT2D eigenvalue weighted by atomic mass is 10.0. The van der Waals surface area contributed by atoms with E-state index in [0.29, 0.717) is 18.5 Å². The first kappa shape index (κ1) is 28.9. The van der Waals surface area contributed by atoms with Crippen LogP contribution >= 0.6 is 0 Å². The Morgan fingerprint density at radius 3 is 1.87 bits per heavy atom. The average Bonchev–Trinajstić information content (AvgIpc) is 2.89. The molecule has 7 nitrogen and oxygen atoms in total. The van der Waals surface area contributed by atoms with Crippen LogP contribution in [0.1, 0.15) is 37.8 Å². The molecule has 0 aromatic heterocycles. The first-order valence-corrected chi connectivity index (χ1v) is 14.7. The molecule has 38 heavy (non-hydrogen) atoms. The number of rotatable bonds is 13. The molecular formula is C30H37N3O4S. The van der Waals surface area contributed by atoms with Crippen molar-refractivity contribution in [3.63, 3.8) is 0 Å². The molecular weight excluding hydrogens is 498 g/mol. The van der Waals surface area contributed by atoms with Crippen LogP contribution in [-0.2, 0) is 32.6 Å². The van der Waals surface area contributed by atoms with E-state index in [1.807, 2.05) is 80.6 Å². The Morgan fingerprint density at radius 1 is 0.816 bits per heavy atom. The molecule has 0 heterocycles. The zero-order valence-electron chi connectivity index (χ0n) is 22.3. The van der Waals surface area contributed by atoms with Gasteiger partial charge in [-0.2, -0.15) is 0 Å². The van der Waals surface area contributed by atoms with Crippen LogP contribution in [0.2, 0.25) is 0 Å². The number of sulfonamides is 1. The van der Waals surface area contributed by atoms with E-state index in [1.54, 1.807) is 29.2 Å². The fraction of sp³-hybridized carbons (Fsp3) is 0.333. The fourth-order valence-corrected chi connectivity index (χ4v) is 5.28. The Labute approximate surface area is 226 Å². The second-order valence-electron chi connectivity index (χ2n) is 9.65. The molecule has 1 atom stereocenters. The molecule has 0 unspecified atom stereocenters. The molecule has 3 aromatic rings. The monoisotopic (exact) mass is 535 g/mol. The van der Waals surface area contributed by atoms with Crippen molar-refractivity contribution in [2.24, 2.45) is 0 Å². The number of amides is 2. The number of hydrogen-bond acceptors (Lipinski definition) is 4. The minimum Gasteiger partial charge on any atom is -0.352 e. The molecule has 0 aliphatic rings. The normalized spacial score (nSPS) is 12.1. The van der Waals surface area contributed by atoms with Gasteiger partial charge in [-0.25, -0.2) is 8.42 Å². The van der Waals surface area contributed by atoms with Gasteiger partial charge in [0, 0.05) is 32.0 Å². The zero-order chi connectivity index (χ0) is 27.5. The van der Waals surface area contributed by atoms with Gasteiger partial charge < -0.3 is 10.2 Å². The Hall–Kier alpha value is -3.65. The summed E-state index contributed by atoms with van der Waals surface area (Å²) in [5, 5.41) is 2.98. The summed E-state index contributed by atoms with van der Waals surface area (Å²) in [6, 6.07) is 27.3. The van der Waals surface area contributed by atoms with E-state index in [1.165, 1.54) is 4.31 Å². The quantitative estimate of drug-likeness (QED) is 0.352. The van der Waals surface area contributed by atoms with Crippen LogP contribution in [0.15, 0.2) is 91.0 Å². The van der Waals surface area contributed by atoms with E-state index < -0.39 is 16.1 Å². The Kier molecular flexibility index (Phi) is 10.5. The molecule has 0 saturated carbocycles. The largest absolute Gasteiger partial charge is 0.352 e. The maximum Gasteiger partial charge on any atom is 0.243 e. The molecule has 2 amide bonds. The van der Waals surface area contributed by atoms with E-state index in [0.717, 1.165) is 17.4 Å². The summed E-state index contributed by atoms with van der Waals surface area (Å²) < 4.78 is 26.2. The standard InChI is InChI=1S/C30H37N3O4S/c1-24(2)31-30(35)28(22-25-14-7-4-8-15-25)32(23-26-16-9-5-10-17-26)29(34)20-13-21-33(38(3,36)37)27-18-11-6-12-19-27/h4-12,14-19,24,28H,13,20-23H2,1-3H3,(H,31,35)/t28-/m0/s1. The van der Waals surface area contributed by atoms with Crippen LogP contribution in [0.4, 0.5) is 5.69 Å². The van der Waals surface area contributed by atoms with Crippen LogP contribution in [0.25, 0.3) is 0 Å². The third-order valence-corrected chi connectivity index (χ3v) is 7.29. The molecule has 0 spiro atoms. The smallest absolute Gasteiger partial charge is 0.243 e. The molecule has 0 radical (unpaired) electrons. The van der Waals surface area contributed by atoms with Crippen LogP contribution in [0.5, 0.6) is 0 Å². The Balaban J connectivity index is 1.85. The van der Waals surface area contributed by atoms with Crippen molar-refractivity contribution in [3.05, 3.63) is 102 Å². The van der Waals surface area contributed by atoms with Gasteiger partial charge in [-0.3, -0.25) is 13.9 Å². The topological polar surface area (TPSA) is 86.8 Å². The highest BCUT2D eigenvalue weighted by atomic mass is 32.2. The van der Waals surface area contributed by atoms with Crippen LogP contribution in [0.3, 0.4) is 0 Å². The van der Waals surface area contributed by atoms with Gasteiger partial charge in [-0.15, -0.1) is 0 Å². The summed E-state index contributed by atoms with van der Waals surface area (Å²) in [7, 11) is -3.52. The molecule has 3 aromatic carbocycles. The van der Waals surface area contributed by atoms with Crippen LogP contribution in [-0.4, -0.2) is 50.0 Å². The number of nitrogens with one attached hydrogen (secondary N) is 1. The molecule has 202 valence electrons. The lowest BCUT2D eigenvalue weighted by Gasteiger charge is -2.32. The molecule has 0 bridgehead atoms. The minimum absolute atomic E-state index is 0.0800. The molecule has 0 fully saturated rings. The van der Waals surface area contributed by atoms with Crippen molar-refractivity contribution in [2.45, 2.75) is 51.7 Å². The van der Waals surface area contributed by atoms with E-state index >= 15 is 0 Å². The van der Waals surface area contributed by atoms with Gasteiger partial charge >= 0.3 is 0 Å². The number of para-hydroxylation sites is 1. The molecule has 1 N–H and O–H groups in total. The van der Waals surface area contributed by atoms with Crippen molar-refractivity contribution in [1.29, 1.82) is 0 Å². The number of nitrogens with zero attached hydrogens (tertiary/aromatic N) is 2. The second-order valence-corrected chi connectivity index (χ2v) is 11.6. The number of benzene rings is 3. The first-order valence-electron chi connectivity index (χ1n) is 12.9. The van der Waals surface area contributed by atoms with Gasteiger partial charge in [0.2, 0.25) is 21.8 Å². The van der Waals surface area contributed by atoms with Gasteiger partial charge in [-0.05, 0) is 43.5 Å². The van der Waals surface area contributed by atoms with E-state index in [9.17, 15) is 18.0 Å². The fourth-order valence-electron chi connectivity index (χ4n) is 4.31. The summed E-state index contributed by atoms with van der Waals surface area (Å²) in [5.74, 6) is -0.412. The van der Waals surface area contributed by atoms with Gasteiger partial charge in [0.05, 0.1) is 11.9 Å². The average molecular weight is 536 g/mol. The molecule has 0 saturated heterocycles. The van der Waals surface area contributed by atoms with Gasteiger partial charge in [0.1, 0.15) is 6.04 Å². The molecule has 3 rings (SSSR count). The zero-order valence-corrected chi connectivity index (χ0v) is 23.1. The number of carbonyl (C=O) groups is 2. The highest BCUT2D eigenvalue weighted by molar-refractivity contribution is 7.92. The highest BCUT2D eigenvalue weighted by Crippen LogP contribution is 2.20. The Bertz CT molecular complexity index is 1270. The van der Waals surface area contributed by atoms with E-state index in [2.05, 4.69) is 5.32 Å². The number of anilines is 1. The third-order valence-electron chi connectivity index (χ3n) is 6.09. The SMILES string of the molecule is CC(C)NC(=O)[C@H](Cc1ccccc1)N(Cc1ccccc1)C(=O)CCCN(c1ccccc1)S(C)(=O)=O. The first-order chi connectivity index (χ1) is 18.1. The summed E-state index contributed by atoms with van der Waals surface area (Å²) >= 11 is 0. The highest BCUT2D eigenvalue weighted by Gasteiger charge is 2.30. The van der Waals surface area contributed by atoms with Crippen molar-refractivity contribution < 1.29 is 18.0 Å². The predicted molar refractivity (Wildman–Crippen MR) is 152 cm³/mol. The minimum atomic E-state index is -3.52. The maximum absolute atomic E-state index is 13.7. The third kappa shape index (κ3) is 8.73. The van der Waals surface area contributed by atoms with E-state index in [4.69, 9.17) is 0 Å². The Morgan fingerprint density at radius 2 is 1.34 bits per heavy atom. The second kappa shape index (κ2) is 13.8. The van der Waals surface area contributed by atoms with Crippen molar-refractivity contribution >= 4 is 27.5 Å². The summed E-state index contributed by atoms with van der Waals surface area (Å²) in [6.45, 7) is 4.22. The summed E-state index contributed by atoms with van der Waals surface area (Å²) in [6.07, 6.45) is 1.95. The van der Waals surface area contributed by atoms with Crippen molar-refractivity contribution in [3.8, 4) is 0 Å². The molecule has 0 aliphatic heterocycles. The van der Waals surface area contributed by atoms with Crippen molar-refractivity contribution in [1.82, 2.24) is 10.2 Å². The van der Waals surface area contributed by atoms with Gasteiger partial charge in [-0.1, -0.05) is 78.9 Å². The number of carbonyl (C=O) groups excluding carboxylic acids is 2.